The van der Waals surface area contributed by atoms with E-state index in [0.717, 1.165) is 16.5 Å². The van der Waals surface area contributed by atoms with E-state index in [1.807, 2.05) is 6.20 Å². The number of aromatic amines is 1. The smallest absolute Gasteiger partial charge is 0.226 e. The van der Waals surface area contributed by atoms with Gasteiger partial charge in [0.05, 0.1) is 34.7 Å². The van der Waals surface area contributed by atoms with Gasteiger partial charge in [-0.25, -0.2) is 0 Å². The number of hydrogen-bond donors (Lipinski definition) is 5. The maximum atomic E-state index is 12.1. The number of benzene rings is 1. The molecule has 0 spiro atoms. The molecule has 6 N–H and O–H groups in total. The number of carbonyl (C=O) groups is 2. The topological polar surface area (TPSA) is 120 Å². The Morgan fingerprint density at radius 3 is 2.92 bits per heavy atom. The summed E-state index contributed by atoms with van der Waals surface area (Å²) in [7, 11) is 0. The molecule has 1 aliphatic heterocycles. The molecule has 0 saturated carbocycles. The van der Waals surface area contributed by atoms with Crippen LogP contribution in [0.1, 0.15) is 25.8 Å². The van der Waals surface area contributed by atoms with Gasteiger partial charge in [-0.15, -0.1) is 0 Å². The van der Waals surface area contributed by atoms with Crippen LogP contribution in [0.5, 0.6) is 0 Å². The lowest BCUT2D eigenvalue weighted by Gasteiger charge is -2.23. The number of H-pyrrole nitrogens is 1. The molecular formula is C17H20N4O3. The summed E-state index contributed by atoms with van der Waals surface area (Å²) in [4.78, 5) is 25.9. The molecule has 0 saturated heterocycles. The van der Waals surface area contributed by atoms with Gasteiger partial charge in [0.1, 0.15) is 12.0 Å². The van der Waals surface area contributed by atoms with E-state index >= 15 is 0 Å². The average Bonchev–Trinajstić information content (AvgIpc) is 2.97. The molecule has 0 unspecified atom stereocenters. The zero-order valence-corrected chi connectivity index (χ0v) is 13.6. The molecule has 24 heavy (non-hydrogen) atoms. The third kappa shape index (κ3) is 2.58. The number of aldehydes is 1. The van der Waals surface area contributed by atoms with Crippen molar-refractivity contribution >= 4 is 40.2 Å². The van der Waals surface area contributed by atoms with Gasteiger partial charge in [0.15, 0.2) is 0 Å². The summed E-state index contributed by atoms with van der Waals surface area (Å²) < 4.78 is 0. The summed E-state index contributed by atoms with van der Waals surface area (Å²) in [5.74, 6) is -0.318. The fourth-order valence-corrected chi connectivity index (χ4v) is 2.82. The minimum absolute atomic E-state index is 0.0111. The third-order valence-corrected chi connectivity index (χ3v) is 4.12. The Hall–Kier alpha value is -2.96. The lowest BCUT2D eigenvalue weighted by Crippen LogP contribution is -2.20. The van der Waals surface area contributed by atoms with E-state index in [-0.39, 0.29) is 24.0 Å². The van der Waals surface area contributed by atoms with Gasteiger partial charge < -0.3 is 31.3 Å². The van der Waals surface area contributed by atoms with Crippen LogP contribution in [-0.4, -0.2) is 22.3 Å². The predicted molar refractivity (Wildman–Crippen MR) is 93.8 cm³/mol. The highest BCUT2D eigenvalue weighted by Crippen LogP contribution is 2.42. The van der Waals surface area contributed by atoms with Gasteiger partial charge in [-0.3, -0.25) is 4.79 Å². The van der Waals surface area contributed by atoms with E-state index in [0.29, 0.717) is 35.5 Å². The number of aliphatic hydroxyl groups excluding tert-OH is 1. The quantitative estimate of drug-likeness (QED) is 0.336. The van der Waals surface area contributed by atoms with Crippen LogP contribution >= 0.6 is 0 Å². The summed E-state index contributed by atoms with van der Waals surface area (Å²) in [6.45, 7) is 3.61. The Balaban J connectivity index is 2.14. The van der Waals surface area contributed by atoms with E-state index in [9.17, 15) is 14.7 Å². The van der Waals surface area contributed by atoms with Gasteiger partial charge >= 0.3 is 0 Å². The first-order valence-corrected chi connectivity index (χ1v) is 7.77. The highest BCUT2D eigenvalue weighted by molar-refractivity contribution is 6.11. The van der Waals surface area contributed by atoms with Gasteiger partial charge in [-0.1, -0.05) is 13.8 Å². The number of nitrogen functional groups attached to an aromatic ring is 1. The van der Waals surface area contributed by atoms with Crippen molar-refractivity contribution in [3.8, 4) is 0 Å². The summed E-state index contributed by atoms with van der Waals surface area (Å²) >= 11 is 0. The van der Waals surface area contributed by atoms with Crippen LogP contribution in [0, 0.1) is 5.92 Å². The van der Waals surface area contributed by atoms with Crippen molar-refractivity contribution < 1.29 is 14.7 Å². The second kappa shape index (κ2) is 5.92. The SMILES string of the molecule is CC(C)C(=O)Nc1cc(N)c2[nH]cc3c2c1N/C(=C(\O)CC=O)C3. The minimum atomic E-state index is -0.179. The molecule has 0 bridgehead atoms. The first-order chi connectivity index (χ1) is 11.4. The molecule has 0 aliphatic carbocycles. The largest absolute Gasteiger partial charge is 0.510 e. The van der Waals surface area contributed by atoms with Crippen LogP contribution in [0.25, 0.3) is 10.9 Å². The number of nitrogens with two attached hydrogens (primary N) is 1. The normalized spacial score (nSPS) is 15.3. The Morgan fingerprint density at radius 1 is 1.50 bits per heavy atom. The molecule has 0 atom stereocenters. The number of aromatic nitrogens is 1. The molecule has 7 heteroatoms. The van der Waals surface area contributed by atoms with E-state index in [1.54, 1.807) is 19.9 Å². The van der Waals surface area contributed by atoms with Crippen molar-refractivity contribution in [2.24, 2.45) is 5.92 Å². The lowest BCUT2D eigenvalue weighted by atomic mass is 9.99. The average molecular weight is 328 g/mol. The molecule has 1 aromatic heterocycles. The number of anilines is 3. The number of carbonyl (C=O) groups excluding carboxylic acids is 2. The maximum Gasteiger partial charge on any atom is 0.226 e. The van der Waals surface area contributed by atoms with Crippen molar-refractivity contribution in [3.63, 3.8) is 0 Å². The Labute approximate surface area is 138 Å². The van der Waals surface area contributed by atoms with Gasteiger partial charge in [0, 0.05) is 23.9 Å². The van der Waals surface area contributed by atoms with E-state index in [2.05, 4.69) is 15.6 Å². The number of nitrogens with one attached hydrogen (secondary N) is 3. The molecule has 0 radical (unpaired) electrons. The molecule has 2 aromatic rings. The molecular weight excluding hydrogens is 308 g/mol. The highest BCUT2D eigenvalue weighted by Gasteiger charge is 2.24. The number of amides is 1. The van der Waals surface area contributed by atoms with Crippen molar-refractivity contribution in [1.29, 1.82) is 0 Å². The molecule has 1 amide bonds. The fourth-order valence-electron chi connectivity index (χ4n) is 2.82. The number of rotatable bonds is 4. The van der Waals surface area contributed by atoms with Gasteiger partial charge in [-0.05, 0) is 11.6 Å². The van der Waals surface area contributed by atoms with Crippen molar-refractivity contribution in [2.45, 2.75) is 26.7 Å². The highest BCUT2D eigenvalue weighted by atomic mass is 16.3. The van der Waals surface area contributed by atoms with E-state index in [4.69, 9.17) is 5.73 Å². The molecule has 7 nitrogen and oxygen atoms in total. The predicted octanol–water partition coefficient (Wildman–Crippen LogP) is 2.67. The summed E-state index contributed by atoms with van der Waals surface area (Å²) in [5.41, 5.74) is 10.1. The second-order valence-corrected chi connectivity index (χ2v) is 6.19. The number of allylic oxidation sites excluding steroid dienone is 2. The van der Waals surface area contributed by atoms with Crippen LogP contribution in [0.2, 0.25) is 0 Å². The molecule has 126 valence electrons. The van der Waals surface area contributed by atoms with Crippen molar-refractivity contribution in [2.75, 3.05) is 16.4 Å². The van der Waals surface area contributed by atoms with Gasteiger partial charge in [0.2, 0.25) is 5.91 Å². The standard InChI is InChI=1S/C17H20N4O3/c1-8(2)17(24)21-12-6-10(18)15-14-9(7-19-15)5-11(20-16(12)14)13(23)3-4-22/h4,6-8,19-20,23H,3,5,18H2,1-2H3,(H,21,24)/b13-11-. The Bertz CT molecular complexity index is 864. The van der Waals surface area contributed by atoms with E-state index in [1.165, 1.54) is 0 Å². The van der Waals surface area contributed by atoms with Crippen LogP contribution < -0.4 is 16.4 Å². The molecule has 0 fully saturated rings. The lowest BCUT2D eigenvalue weighted by molar-refractivity contribution is -0.118. The summed E-state index contributed by atoms with van der Waals surface area (Å²) in [6.07, 6.45) is 2.87. The van der Waals surface area contributed by atoms with Gasteiger partial charge in [-0.2, -0.15) is 0 Å². The van der Waals surface area contributed by atoms with Gasteiger partial charge in [0.25, 0.3) is 0 Å². The molecule has 1 aromatic carbocycles. The van der Waals surface area contributed by atoms with E-state index < -0.39 is 0 Å². The number of hydrogen-bond acceptors (Lipinski definition) is 5. The second-order valence-electron chi connectivity index (χ2n) is 6.19. The van der Waals surface area contributed by atoms with Crippen LogP contribution in [0.4, 0.5) is 17.1 Å². The fraction of sp³-hybridized carbons (Fsp3) is 0.294. The molecule has 1 aliphatic rings. The maximum absolute atomic E-state index is 12.1. The molecule has 2 heterocycles. The molecule has 3 rings (SSSR count). The first-order valence-electron chi connectivity index (χ1n) is 7.77. The zero-order chi connectivity index (χ0) is 17.4. The Kier molecular flexibility index (Phi) is 3.92. The Morgan fingerprint density at radius 2 is 2.25 bits per heavy atom. The van der Waals surface area contributed by atoms with Crippen LogP contribution in [0.3, 0.4) is 0 Å². The monoisotopic (exact) mass is 328 g/mol. The van der Waals surface area contributed by atoms with Crippen molar-refractivity contribution in [3.05, 3.63) is 29.3 Å². The van der Waals surface area contributed by atoms with Crippen LogP contribution in [-0.2, 0) is 16.0 Å². The first kappa shape index (κ1) is 15.9. The van der Waals surface area contributed by atoms with Crippen molar-refractivity contribution in [1.82, 2.24) is 4.98 Å². The number of aliphatic hydroxyl groups is 1. The summed E-state index contributed by atoms with van der Waals surface area (Å²) in [6, 6.07) is 1.69. The third-order valence-electron chi connectivity index (χ3n) is 4.12. The zero-order valence-electron chi connectivity index (χ0n) is 13.6. The minimum Gasteiger partial charge on any atom is -0.510 e. The summed E-state index contributed by atoms with van der Waals surface area (Å²) in [5, 5.41) is 17.0. The van der Waals surface area contributed by atoms with Crippen LogP contribution in [0.15, 0.2) is 23.7 Å².